The van der Waals surface area contributed by atoms with Gasteiger partial charge in [0.2, 0.25) is 0 Å². The molecule has 3 heteroatoms. The topological polar surface area (TPSA) is 38.7 Å². The van der Waals surface area contributed by atoms with Crippen molar-refractivity contribution in [2.45, 2.75) is 38.4 Å². The molecule has 0 heterocycles. The molecular weight excluding hydrogens is 228 g/mol. The summed E-state index contributed by atoms with van der Waals surface area (Å²) >= 11 is 0. The Kier molecular flexibility index (Phi) is 4.61. The Balaban J connectivity index is 1.79. The van der Waals surface area contributed by atoms with Gasteiger partial charge in [0.25, 0.3) is 0 Å². The van der Waals surface area contributed by atoms with Crippen LogP contribution in [0.1, 0.15) is 37.9 Å². The molecule has 3 nitrogen and oxygen atoms in total. The third kappa shape index (κ3) is 3.24. The second-order valence-electron chi connectivity index (χ2n) is 4.94. The van der Waals surface area contributed by atoms with Crippen LogP contribution in [-0.4, -0.2) is 24.9 Å². The number of methoxy groups -OCH3 is 1. The van der Waals surface area contributed by atoms with Crippen molar-refractivity contribution in [3.63, 3.8) is 0 Å². The molecule has 1 atom stereocenters. The molecular formula is C15H22O3. The molecule has 1 aliphatic carbocycles. The highest BCUT2D eigenvalue weighted by molar-refractivity contribution is 5.28. The number of hydrogen-bond acceptors (Lipinski definition) is 3. The van der Waals surface area contributed by atoms with E-state index in [4.69, 9.17) is 9.47 Å². The van der Waals surface area contributed by atoms with E-state index in [1.54, 1.807) is 7.11 Å². The first-order chi connectivity index (χ1) is 8.72. The zero-order chi connectivity index (χ0) is 13.0. The summed E-state index contributed by atoms with van der Waals surface area (Å²) in [4.78, 5) is 0. The van der Waals surface area contributed by atoms with Crippen molar-refractivity contribution < 1.29 is 14.6 Å². The number of aliphatic hydroxyl groups is 1. The average Bonchev–Trinajstić information content (AvgIpc) is 2.36. The van der Waals surface area contributed by atoms with Crippen LogP contribution in [0.5, 0.6) is 5.75 Å². The third-order valence-electron chi connectivity index (χ3n) is 3.65. The molecule has 1 aromatic rings. The van der Waals surface area contributed by atoms with E-state index in [-0.39, 0.29) is 6.10 Å². The standard InChI is InChI=1S/C15H22O3/c1-3-18-14-8-11(9-14)10-15(16)12-4-6-13(17-2)7-5-12/h4-7,11,14-16H,3,8-10H2,1-2H3. The number of rotatable bonds is 6. The molecule has 1 N–H and O–H groups in total. The van der Waals surface area contributed by atoms with Gasteiger partial charge in [-0.15, -0.1) is 0 Å². The Morgan fingerprint density at radius 2 is 1.94 bits per heavy atom. The van der Waals surface area contributed by atoms with Crippen molar-refractivity contribution in [1.29, 1.82) is 0 Å². The molecule has 0 bridgehead atoms. The molecule has 18 heavy (non-hydrogen) atoms. The van der Waals surface area contributed by atoms with Crippen LogP contribution in [0.2, 0.25) is 0 Å². The second kappa shape index (κ2) is 6.21. The van der Waals surface area contributed by atoms with Crippen molar-refractivity contribution in [2.24, 2.45) is 5.92 Å². The van der Waals surface area contributed by atoms with Crippen molar-refractivity contribution >= 4 is 0 Å². The van der Waals surface area contributed by atoms with Crippen molar-refractivity contribution in [3.8, 4) is 5.75 Å². The van der Waals surface area contributed by atoms with Gasteiger partial charge in [-0.2, -0.15) is 0 Å². The Labute approximate surface area is 109 Å². The maximum absolute atomic E-state index is 10.2. The minimum absolute atomic E-state index is 0.372. The predicted molar refractivity (Wildman–Crippen MR) is 70.7 cm³/mol. The highest BCUT2D eigenvalue weighted by atomic mass is 16.5. The summed E-state index contributed by atoms with van der Waals surface area (Å²) in [6.07, 6.45) is 3.05. The SMILES string of the molecule is CCOC1CC(CC(O)c2ccc(OC)cc2)C1. The number of benzene rings is 1. The molecule has 1 saturated carbocycles. The largest absolute Gasteiger partial charge is 0.497 e. The quantitative estimate of drug-likeness (QED) is 0.843. The molecule has 1 fully saturated rings. The van der Waals surface area contributed by atoms with Gasteiger partial charge < -0.3 is 14.6 Å². The van der Waals surface area contributed by atoms with E-state index < -0.39 is 0 Å². The second-order valence-corrected chi connectivity index (χ2v) is 4.94. The maximum Gasteiger partial charge on any atom is 0.118 e. The van der Waals surface area contributed by atoms with E-state index in [2.05, 4.69) is 0 Å². The van der Waals surface area contributed by atoms with Gasteiger partial charge in [-0.25, -0.2) is 0 Å². The lowest BCUT2D eigenvalue weighted by Gasteiger charge is -2.36. The summed E-state index contributed by atoms with van der Waals surface area (Å²) in [7, 11) is 1.65. The lowest BCUT2D eigenvalue weighted by atomic mass is 9.78. The summed E-state index contributed by atoms with van der Waals surface area (Å²) < 4.78 is 10.6. The number of hydrogen-bond donors (Lipinski definition) is 1. The third-order valence-corrected chi connectivity index (χ3v) is 3.65. The van der Waals surface area contributed by atoms with Gasteiger partial charge in [-0.05, 0) is 49.8 Å². The molecule has 1 aliphatic rings. The van der Waals surface area contributed by atoms with Crippen LogP contribution in [0.3, 0.4) is 0 Å². The van der Waals surface area contributed by atoms with Gasteiger partial charge in [-0.3, -0.25) is 0 Å². The first-order valence-electron chi connectivity index (χ1n) is 6.66. The summed E-state index contributed by atoms with van der Waals surface area (Å²) in [5.41, 5.74) is 0.968. The molecule has 1 aromatic carbocycles. The molecule has 0 spiro atoms. The first kappa shape index (κ1) is 13.4. The fourth-order valence-electron chi connectivity index (χ4n) is 2.52. The molecule has 0 radical (unpaired) electrons. The molecule has 100 valence electrons. The van der Waals surface area contributed by atoms with Crippen LogP contribution in [0.15, 0.2) is 24.3 Å². The van der Waals surface area contributed by atoms with Gasteiger partial charge in [0.1, 0.15) is 5.75 Å². The summed E-state index contributed by atoms with van der Waals surface area (Å²) in [6, 6.07) is 7.65. The van der Waals surface area contributed by atoms with E-state index in [0.29, 0.717) is 12.0 Å². The van der Waals surface area contributed by atoms with E-state index in [0.717, 1.165) is 37.2 Å². The van der Waals surface area contributed by atoms with Crippen LogP contribution in [0.25, 0.3) is 0 Å². The zero-order valence-corrected chi connectivity index (χ0v) is 11.1. The van der Waals surface area contributed by atoms with Gasteiger partial charge in [0.15, 0.2) is 0 Å². The zero-order valence-electron chi connectivity index (χ0n) is 11.1. The van der Waals surface area contributed by atoms with Gasteiger partial charge >= 0.3 is 0 Å². The fraction of sp³-hybridized carbons (Fsp3) is 0.600. The molecule has 0 aromatic heterocycles. The van der Waals surface area contributed by atoms with Crippen LogP contribution >= 0.6 is 0 Å². The Morgan fingerprint density at radius 1 is 1.28 bits per heavy atom. The van der Waals surface area contributed by atoms with Crippen molar-refractivity contribution in [1.82, 2.24) is 0 Å². The monoisotopic (exact) mass is 250 g/mol. The highest BCUT2D eigenvalue weighted by Gasteiger charge is 2.31. The normalized spacial score (nSPS) is 24.4. The fourth-order valence-corrected chi connectivity index (χ4v) is 2.52. The van der Waals surface area contributed by atoms with Gasteiger partial charge in [0.05, 0.1) is 19.3 Å². The van der Waals surface area contributed by atoms with Crippen LogP contribution in [0, 0.1) is 5.92 Å². The first-order valence-corrected chi connectivity index (χ1v) is 6.66. The van der Waals surface area contributed by atoms with Crippen LogP contribution < -0.4 is 4.74 Å². The summed E-state index contributed by atoms with van der Waals surface area (Å²) in [5, 5.41) is 10.2. The van der Waals surface area contributed by atoms with E-state index in [9.17, 15) is 5.11 Å². The van der Waals surface area contributed by atoms with E-state index >= 15 is 0 Å². The van der Waals surface area contributed by atoms with Crippen molar-refractivity contribution in [2.75, 3.05) is 13.7 Å². The molecule has 0 saturated heterocycles. The molecule has 0 aliphatic heterocycles. The lowest BCUT2D eigenvalue weighted by molar-refractivity contribution is -0.0380. The Hall–Kier alpha value is -1.06. The predicted octanol–water partition coefficient (Wildman–Crippen LogP) is 2.93. The average molecular weight is 250 g/mol. The molecule has 1 unspecified atom stereocenters. The number of ether oxygens (including phenoxy) is 2. The Bertz CT molecular complexity index is 355. The van der Waals surface area contributed by atoms with Crippen molar-refractivity contribution in [3.05, 3.63) is 29.8 Å². The molecule has 0 amide bonds. The van der Waals surface area contributed by atoms with Gasteiger partial charge in [0, 0.05) is 6.61 Å². The summed E-state index contributed by atoms with van der Waals surface area (Å²) in [6.45, 7) is 2.82. The molecule has 2 rings (SSSR count). The highest BCUT2D eigenvalue weighted by Crippen LogP contribution is 2.37. The Morgan fingerprint density at radius 3 is 2.50 bits per heavy atom. The summed E-state index contributed by atoms with van der Waals surface area (Å²) in [5.74, 6) is 1.42. The lowest BCUT2D eigenvalue weighted by Crippen LogP contribution is -2.32. The van der Waals surface area contributed by atoms with E-state index in [1.807, 2.05) is 31.2 Å². The smallest absolute Gasteiger partial charge is 0.118 e. The van der Waals surface area contributed by atoms with Crippen LogP contribution in [0.4, 0.5) is 0 Å². The van der Waals surface area contributed by atoms with E-state index in [1.165, 1.54) is 0 Å². The minimum Gasteiger partial charge on any atom is -0.497 e. The number of aliphatic hydroxyl groups excluding tert-OH is 1. The minimum atomic E-state index is -0.372. The van der Waals surface area contributed by atoms with Gasteiger partial charge in [-0.1, -0.05) is 12.1 Å². The van der Waals surface area contributed by atoms with Crippen LogP contribution in [-0.2, 0) is 4.74 Å². The maximum atomic E-state index is 10.2.